The second-order valence-electron chi connectivity index (χ2n) is 8.97. The average molecular weight is 449 g/mol. The average Bonchev–Trinajstić information content (AvgIpc) is 3.29. The molecule has 2 aromatic carbocycles. The number of aromatic amines is 1. The summed E-state index contributed by atoms with van der Waals surface area (Å²) in [6.45, 7) is 3.11. The van der Waals surface area contributed by atoms with Gasteiger partial charge in [-0.05, 0) is 74.5 Å². The number of fused-ring (bicyclic) bond motifs is 3. The first-order valence-electron chi connectivity index (χ1n) is 11.6. The van der Waals surface area contributed by atoms with Crippen LogP contribution in [0.4, 0.5) is 4.39 Å². The predicted molar refractivity (Wildman–Crippen MR) is 125 cm³/mol. The fourth-order valence-corrected chi connectivity index (χ4v) is 4.96. The normalized spacial score (nSPS) is 16.2. The molecule has 1 amide bonds. The maximum atomic E-state index is 13.9. The van der Waals surface area contributed by atoms with E-state index in [1.807, 2.05) is 30.3 Å². The number of likely N-dealkylation sites (tertiary alicyclic amines) is 1. The summed E-state index contributed by atoms with van der Waals surface area (Å²) in [5.41, 5.74) is 5.43. The Bertz CT molecular complexity index is 1150. The molecular formula is C26H29FN4O2. The number of aromatic nitrogens is 2. The van der Waals surface area contributed by atoms with Gasteiger partial charge in [-0.2, -0.15) is 5.10 Å². The summed E-state index contributed by atoms with van der Waals surface area (Å²) < 4.78 is 19.2. The van der Waals surface area contributed by atoms with Crippen molar-refractivity contribution in [2.75, 3.05) is 26.7 Å². The number of amides is 1. The molecule has 3 aromatic rings. The van der Waals surface area contributed by atoms with Crippen LogP contribution in [0.3, 0.4) is 0 Å². The van der Waals surface area contributed by atoms with Gasteiger partial charge in [0.1, 0.15) is 17.3 Å². The second kappa shape index (κ2) is 9.35. The molecule has 1 fully saturated rings. The van der Waals surface area contributed by atoms with E-state index in [4.69, 9.17) is 4.74 Å². The number of benzene rings is 2. The Hall–Kier alpha value is -3.19. The third-order valence-electron chi connectivity index (χ3n) is 6.92. The lowest BCUT2D eigenvalue weighted by Gasteiger charge is -2.32. The largest absolute Gasteiger partial charge is 0.497 e. The molecule has 0 unspecified atom stereocenters. The number of hydrogen-bond donors (Lipinski definition) is 2. The highest BCUT2D eigenvalue weighted by Gasteiger charge is 2.26. The SMILES string of the molecule is COc1ccc2c(c1)CCc1c-2n[nH]c1C(=O)NCC1CCN(Cc2ccccc2F)CC1. The molecule has 1 aliphatic heterocycles. The van der Waals surface area contributed by atoms with Crippen LogP contribution < -0.4 is 10.1 Å². The van der Waals surface area contributed by atoms with Gasteiger partial charge in [0, 0.05) is 29.8 Å². The topological polar surface area (TPSA) is 70.2 Å². The standard InChI is InChI=1S/C26H29FN4O2/c1-33-20-7-9-21-18(14-20)6-8-22-24(21)29-30-25(22)26(32)28-15-17-10-12-31(13-11-17)16-19-4-2-3-5-23(19)27/h2-5,7,9,14,17H,6,8,10-13,15-16H2,1H3,(H,28,32)(H,29,30). The van der Waals surface area contributed by atoms with Gasteiger partial charge < -0.3 is 10.1 Å². The highest BCUT2D eigenvalue weighted by atomic mass is 19.1. The van der Waals surface area contributed by atoms with E-state index in [1.165, 1.54) is 11.6 Å². The minimum atomic E-state index is -0.142. The number of methoxy groups -OCH3 is 1. The number of aryl methyl sites for hydroxylation is 1. The molecule has 2 heterocycles. The number of halogens is 1. The third kappa shape index (κ3) is 4.50. The van der Waals surface area contributed by atoms with Crippen LogP contribution in [0.15, 0.2) is 42.5 Å². The van der Waals surface area contributed by atoms with Crippen molar-refractivity contribution in [2.24, 2.45) is 5.92 Å². The molecular weight excluding hydrogens is 419 g/mol. The van der Waals surface area contributed by atoms with E-state index in [0.717, 1.165) is 66.9 Å². The van der Waals surface area contributed by atoms with Gasteiger partial charge in [0.05, 0.1) is 12.8 Å². The van der Waals surface area contributed by atoms with Crippen molar-refractivity contribution in [3.8, 4) is 17.0 Å². The highest BCUT2D eigenvalue weighted by Crippen LogP contribution is 2.35. The lowest BCUT2D eigenvalue weighted by atomic mass is 9.88. The lowest BCUT2D eigenvalue weighted by molar-refractivity contribution is 0.0929. The zero-order valence-corrected chi connectivity index (χ0v) is 18.9. The Morgan fingerprint density at radius 3 is 2.82 bits per heavy atom. The van der Waals surface area contributed by atoms with Crippen LogP contribution in [-0.2, 0) is 19.4 Å². The molecule has 7 heteroatoms. The molecule has 0 bridgehead atoms. The highest BCUT2D eigenvalue weighted by molar-refractivity contribution is 5.96. The van der Waals surface area contributed by atoms with Crippen molar-refractivity contribution < 1.29 is 13.9 Å². The van der Waals surface area contributed by atoms with E-state index in [2.05, 4.69) is 20.4 Å². The van der Waals surface area contributed by atoms with Crippen LogP contribution >= 0.6 is 0 Å². The smallest absolute Gasteiger partial charge is 0.269 e. The van der Waals surface area contributed by atoms with E-state index in [0.29, 0.717) is 24.7 Å². The third-order valence-corrected chi connectivity index (χ3v) is 6.92. The molecule has 1 aromatic heterocycles. The molecule has 6 nitrogen and oxygen atoms in total. The minimum Gasteiger partial charge on any atom is -0.497 e. The molecule has 1 saturated heterocycles. The number of nitrogens with zero attached hydrogens (tertiary/aromatic N) is 2. The van der Waals surface area contributed by atoms with Gasteiger partial charge in [-0.15, -0.1) is 0 Å². The number of rotatable bonds is 6. The Morgan fingerprint density at radius 1 is 1.21 bits per heavy atom. The lowest BCUT2D eigenvalue weighted by Crippen LogP contribution is -2.38. The van der Waals surface area contributed by atoms with Crippen LogP contribution in [0.2, 0.25) is 0 Å². The molecule has 5 rings (SSSR count). The number of hydrogen-bond acceptors (Lipinski definition) is 4. The maximum Gasteiger partial charge on any atom is 0.269 e. The zero-order chi connectivity index (χ0) is 22.8. The van der Waals surface area contributed by atoms with Gasteiger partial charge in [0.2, 0.25) is 0 Å². The van der Waals surface area contributed by atoms with Crippen molar-refractivity contribution in [1.82, 2.24) is 20.4 Å². The first kappa shape index (κ1) is 21.6. The summed E-state index contributed by atoms with van der Waals surface area (Å²) >= 11 is 0. The van der Waals surface area contributed by atoms with Gasteiger partial charge >= 0.3 is 0 Å². The molecule has 33 heavy (non-hydrogen) atoms. The molecule has 0 spiro atoms. The fourth-order valence-electron chi connectivity index (χ4n) is 4.96. The zero-order valence-electron chi connectivity index (χ0n) is 18.9. The van der Waals surface area contributed by atoms with Gasteiger partial charge in [0.25, 0.3) is 5.91 Å². The monoisotopic (exact) mass is 448 g/mol. The van der Waals surface area contributed by atoms with Crippen LogP contribution in [0.25, 0.3) is 11.3 Å². The van der Waals surface area contributed by atoms with Crippen LogP contribution in [0, 0.1) is 11.7 Å². The number of H-pyrrole nitrogens is 1. The van der Waals surface area contributed by atoms with Crippen molar-refractivity contribution in [2.45, 2.75) is 32.2 Å². The quantitative estimate of drug-likeness (QED) is 0.599. The van der Waals surface area contributed by atoms with E-state index >= 15 is 0 Å². The van der Waals surface area contributed by atoms with Gasteiger partial charge in [0.15, 0.2) is 0 Å². The summed E-state index contributed by atoms with van der Waals surface area (Å²) in [6.07, 6.45) is 3.62. The predicted octanol–water partition coefficient (Wildman–Crippen LogP) is 3.97. The molecule has 0 atom stereocenters. The van der Waals surface area contributed by atoms with E-state index in [1.54, 1.807) is 13.2 Å². The van der Waals surface area contributed by atoms with Gasteiger partial charge in [-0.3, -0.25) is 14.8 Å². The second-order valence-corrected chi connectivity index (χ2v) is 8.97. The van der Waals surface area contributed by atoms with Crippen molar-refractivity contribution >= 4 is 5.91 Å². The van der Waals surface area contributed by atoms with Gasteiger partial charge in [-0.1, -0.05) is 18.2 Å². The molecule has 2 N–H and O–H groups in total. The van der Waals surface area contributed by atoms with Crippen LogP contribution in [0.1, 0.15) is 40.0 Å². The van der Waals surface area contributed by atoms with Crippen LogP contribution in [0.5, 0.6) is 5.75 Å². The molecule has 1 aliphatic carbocycles. The van der Waals surface area contributed by atoms with E-state index in [9.17, 15) is 9.18 Å². The Balaban J connectivity index is 1.16. The summed E-state index contributed by atoms with van der Waals surface area (Å²) in [5, 5.41) is 10.6. The summed E-state index contributed by atoms with van der Waals surface area (Å²) in [6, 6.07) is 13.0. The molecule has 0 radical (unpaired) electrons. The fraction of sp³-hybridized carbons (Fsp3) is 0.385. The first-order valence-corrected chi connectivity index (χ1v) is 11.6. The van der Waals surface area contributed by atoms with Gasteiger partial charge in [-0.25, -0.2) is 4.39 Å². The summed E-state index contributed by atoms with van der Waals surface area (Å²) in [5.74, 6) is 1.04. The number of carbonyl (C=O) groups is 1. The molecule has 2 aliphatic rings. The van der Waals surface area contributed by atoms with E-state index in [-0.39, 0.29) is 11.7 Å². The summed E-state index contributed by atoms with van der Waals surface area (Å²) in [4.78, 5) is 15.2. The maximum absolute atomic E-state index is 13.9. The van der Waals surface area contributed by atoms with Crippen molar-refractivity contribution in [1.29, 1.82) is 0 Å². The minimum absolute atomic E-state index is 0.0884. The summed E-state index contributed by atoms with van der Waals surface area (Å²) in [7, 11) is 1.67. The van der Waals surface area contributed by atoms with Crippen molar-refractivity contribution in [3.05, 3.63) is 70.7 Å². The number of piperidine rings is 1. The molecule has 0 saturated carbocycles. The molecule has 172 valence electrons. The Morgan fingerprint density at radius 2 is 2.03 bits per heavy atom. The van der Waals surface area contributed by atoms with E-state index < -0.39 is 0 Å². The number of ether oxygens (including phenoxy) is 1. The Labute approximate surface area is 193 Å². The number of nitrogens with one attached hydrogen (secondary N) is 2. The van der Waals surface area contributed by atoms with Crippen molar-refractivity contribution in [3.63, 3.8) is 0 Å². The first-order chi connectivity index (χ1) is 16.1. The van der Waals surface area contributed by atoms with Crippen LogP contribution in [-0.4, -0.2) is 47.7 Å². The number of carbonyl (C=O) groups excluding carboxylic acids is 1. The Kier molecular flexibility index (Phi) is 6.13.